The van der Waals surface area contributed by atoms with Gasteiger partial charge in [-0.15, -0.1) is 0 Å². The Balaban J connectivity index is 1.96. The maximum absolute atomic E-state index is 13.6. The minimum atomic E-state index is -2.84. The molecule has 146 valence electrons. The van der Waals surface area contributed by atoms with Crippen LogP contribution in [0, 0.1) is 10.1 Å². The number of halogens is 2. The zero-order valence-electron chi connectivity index (χ0n) is 15.0. The van der Waals surface area contributed by atoms with E-state index >= 15 is 0 Å². The first-order chi connectivity index (χ1) is 13.3. The van der Waals surface area contributed by atoms with E-state index in [9.17, 15) is 23.7 Å². The standard InChI is InChI=1S/C18H17F2N5O3/c1-10(16-23-14-5-3-4-6-15(14)24(16)18(19)20)22-17(26)12-9-11(25(27)28)7-8-13(12)21-2/h3-10,18,21H,1-2H3,(H,22,26)/t10-/m0/s1. The summed E-state index contributed by atoms with van der Waals surface area (Å²) in [5.74, 6) is -0.658. The Morgan fingerprint density at radius 2 is 1.96 bits per heavy atom. The average molecular weight is 389 g/mol. The number of amides is 1. The number of aromatic nitrogens is 2. The predicted octanol–water partition coefficient (Wildman–Crippen LogP) is 3.87. The van der Waals surface area contributed by atoms with Crippen LogP contribution in [0.1, 0.15) is 35.7 Å². The molecule has 2 N–H and O–H groups in total. The van der Waals surface area contributed by atoms with Crippen molar-refractivity contribution in [1.29, 1.82) is 0 Å². The molecule has 0 aliphatic carbocycles. The number of carbonyl (C=O) groups excluding carboxylic acids is 1. The molecular formula is C18H17F2N5O3. The lowest BCUT2D eigenvalue weighted by atomic mass is 10.1. The van der Waals surface area contributed by atoms with Gasteiger partial charge in [0.05, 0.1) is 27.6 Å². The van der Waals surface area contributed by atoms with Crippen molar-refractivity contribution in [1.82, 2.24) is 14.9 Å². The second-order valence-electron chi connectivity index (χ2n) is 6.04. The van der Waals surface area contributed by atoms with E-state index in [-0.39, 0.29) is 22.6 Å². The highest BCUT2D eigenvalue weighted by molar-refractivity contribution is 6.00. The molecule has 0 aliphatic rings. The van der Waals surface area contributed by atoms with E-state index < -0.39 is 23.4 Å². The molecule has 1 aromatic heterocycles. The van der Waals surface area contributed by atoms with Crippen molar-refractivity contribution in [3.8, 4) is 0 Å². The molecule has 8 nitrogen and oxygen atoms in total. The summed E-state index contributed by atoms with van der Waals surface area (Å²) in [5, 5.41) is 16.4. The summed E-state index contributed by atoms with van der Waals surface area (Å²) in [7, 11) is 1.57. The van der Waals surface area contributed by atoms with Crippen LogP contribution in [0.4, 0.5) is 20.2 Å². The van der Waals surface area contributed by atoms with Gasteiger partial charge in [-0.05, 0) is 25.1 Å². The molecular weight excluding hydrogens is 372 g/mol. The Bertz CT molecular complexity index is 1050. The number of anilines is 1. The van der Waals surface area contributed by atoms with E-state index in [2.05, 4.69) is 15.6 Å². The largest absolute Gasteiger partial charge is 0.387 e. The highest BCUT2D eigenvalue weighted by Crippen LogP contribution is 2.27. The zero-order chi connectivity index (χ0) is 20.4. The molecule has 0 saturated heterocycles. The van der Waals surface area contributed by atoms with Gasteiger partial charge in [0.2, 0.25) is 0 Å². The summed E-state index contributed by atoms with van der Waals surface area (Å²) in [6.45, 7) is -1.32. The highest BCUT2D eigenvalue weighted by atomic mass is 19.3. The number of benzene rings is 2. The van der Waals surface area contributed by atoms with Crippen molar-refractivity contribution in [2.75, 3.05) is 12.4 Å². The number of hydrogen-bond acceptors (Lipinski definition) is 5. The number of nitrogens with zero attached hydrogens (tertiary/aromatic N) is 3. The summed E-state index contributed by atoms with van der Waals surface area (Å²) in [6.07, 6.45) is 0. The molecule has 0 spiro atoms. The number of para-hydroxylation sites is 2. The van der Waals surface area contributed by atoms with Crippen LogP contribution in [0.2, 0.25) is 0 Å². The fraction of sp³-hybridized carbons (Fsp3) is 0.222. The summed E-state index contributed by atoms with van der Waals surface area (Å²) < 4.78 is 28.0. The average Bonchev–Trinajstić information content (AvgIpc) is 3.07. The number of non-ortho nitro benzene ring substituents is 1. The Morgan fingerprint density at radius 1 is 1.25 bits per heavy atom. The minimum Gasteiger partial charge on any atom is -0.387 e. The van der Waals surface area contributed by atoms with Crippen LogP contribution >= 0.6 is 0 Å². The first kappa shape index (κ1) is 19.2. The first-order valence-corrected chi connectivity index (χ1v) is 8.35. The Labute approximate surface area is 158 Å². The molecule has 3 rings (SSSR count). The van der Waals surface area contributed by atoms with E-state index in [1.165, 1.54) is 25.1 Å². The molecule has 2 aromatic carbocycles. The van der Waals surface area contributed by atoms with Gasteiger partial charge in [-0.3, -0.25) is 19.5 Å². The number of nitro groups is 1. The van der Waals surface area contributed by atoms with Crippen molar-refractivity contribution in [3.05, 3.63) is 64.0 Å². The summed E-state index contributed by atoms with van der Waals surface area (Å²) in [6, 6.07) is 9.37. The number of imidazole rings is 1. The van der Waals surface area contributed by atoms with Crippen LogP contribution < -0.4 is 10.6 Å². The number of nitro benzene ring substituents is 1. The van der Waals surface area contributed by atoms with Crippen molar-refractivity contribution in [2.45, 2.75) is 19.5 Å². The van der Waals surface area contributed by atoms with Crippen molar-refractivity contribution in [2.24, 2.45) is 0 Å². The SMILES string of the molecule is CNc1ccc([N+](=O)[O-])cc1C(=O)N[C@@H](C)c1nc2ccccc2n1C(F)F. The van der Waals surface area contributed by atoms with Crippen LogP contribution in [-0.4, -0.2) is 27.4 Å². The van der Waals surface area contributed by atoms with Crippen molar-refractivity contribution >= 4 is 28.3 Å². The second-order valence-corrected chi connectivity index (χ2v) is 6.04. The molecule has 0 bridgehead atoms. The van der Waals surface area contributed by atoms with Crippen LogP contribution in [0.3, 0.4) is 0 Å². The van der Waals surface area contributed by atoms with Crippen LogP contribution in [0.15, 0.2) is 42.5 Å². The van der Waals surface area contributed by atoms with E-state index in [0.29, 0.717) is 11.2 Å². The number of rotatable bonds is 6. The van der Waals surface area contributed by atoms with Crippen LogP contribution in [0.5, 0.6) is 0 Å². The van der Waals surface area contributed by atoms with Gasteiger partial charge in [-0.1, -0.05) is 12.1 Å². The fourth-order valence-corrected chi connectivity index (χ4v) is 2.96. The van der Waals surface area contributed by atoms with Gasteiger partial charge in [0.15, 0.2) is 0 Å². The van der Waals surface area contributed by atoms with Gasteiger partial charge in [0.25, 0.3) is 11.6 Å². The van der Waals surface area contributed by atoms with Gasteiger partial charge in [0.1, 0.15) is 5.82 Å². The molecule has 10 heteroatoms. The molecule has 0 aliphatic heterocycles. The maximum atomic E-state index is 13.6. The minimum absolute atomic E-state index is 0.0130. The predicted molar refractivity (Wildman–Crippen MR) is 99.5 cm³/mol. The van der Waals surface area contributed by atoms with Crippen LogP contribution in [0.25, 0.3) is 11.0 Å². The van der Waals surface area contributed by atoms with E-state index in [0.717, 1.165) is 10.6 Å². The number of nitrogens with one attached hydrogen (secondary N) is 2. The first-order valence-electron chi connectivity index (χ1n) is 8.35. The van der Waals surface area contributed by atoms with E-state index in [4.69, 9.17) is 0 Å². The Morgan fingerprint density at radius 3 is 2.61 bits per heavy atom. The molecule has 1 atom stereocenters. The molecule has 3 aromatic rings. The van der Waals surface area contributed by atoms with Crippen molar-refractivity contribution < 1.29 is 18.5 Å². The molecule has 0 saturated carbocycles. The van der Waals surface area contributed by atoms with E-state index in [1.807, 2.05) is 0 Å². The molecule has 0 unspecified atom stereocenters. The normalized spacial score (nSPS) is 12.2. The molecule has 1 heterocycles. The summed E-state index contributed by atoms with van der Waals surface area (Å²) >= 11 is 0. The third kappa shape index (κ3) is 3.48. The Hall–Kier alpha value is -3.56. The third-order valence-electron chi connectivity index (χ3n) is 4.28. The van der Waals surface area contributed by atoms with E-state index in [1.54, 1.807) is 25.2 Å². The maximum Gasteiger partial charge on any atom is 0.320 e. The topological polar surface area (TPSA) is 102 Å². The fourth-order valence-electron chi connectivity index (χ4n) is 2.96. The summed E-state index contributed by atoms with van der Waals surface area (Å²) in [5.41, 5.74) is 0.780. The molecule has 1 amide bonds. The third-order valence-corrected chi connectivity index (χ3v) is 4.28. The smallest absolute Gasteiger partial charge is 0.320 e. The number of hydrogen-bond donors (Lipinski definition) is 2. The lowest BCUT2D eigenvalue weighted by molar-refractivity contribution is -0.384. The van der Waals surface area contributed by atoms with Gasteiger partial charge in [0, 0.05) is 24.9 Å². The monoisotopic (exact) mass is 389 g/mol. The van der Waals surface area contributed by atoms with Crippen LogP contribution in [-0.2, 0) is 0 Å². The lowest BCUT2D eigenvalue weighted by Gasteiger charge is -2.17. The summed E-state index contributed by atoms with van der Waals surface area (Å²) in [4.78, 5) is 27.3. The van der Waals surface area contributed by atoms with Gasteiger partial charge in [-0.25, -0.2) is 4.98 Å². The van der Waals surface area contributed by atoms with Gasteiger partial charge < -0.3 is 10.6 Å². The second kappa shape index (κ2) is 7.59. The van der Waals surface area contributed by atoms with Gasteiger partial charge >= 0.3 is 6.55 Å². The highest BCUT2D eigenvalue weighted by Gasteiger charge is 2.24. The molecule has 0 fully saturated rings. The quantitative estimate of drug-likeness (QED) is 0.492. The van der Waals surface area contributed by atoms with Gasteiger partial charge in [-0.2, -0.15) is 8.78 Å². The number of fused-ring (bicyclic) bond motifs is 1. The Kier molecular flexibility index (Phi) is 5.21. The number of alkyl halides is 2. The molecule has 28 heavy (non-hydrogen) atoms. The number of carbonyl (C=O) groups is 1. The van der Waals surface area contributed by atoms with Crippen molar-refractivity contribution in [3.63, 3.8) is 0 Å². The molecule has 0 radical (unpaired) electrons. The zero-order valence-corrected chi connectivity index (χ0v) is 15.0. The lowest BCUT2D eigenvalue weighted by Crippen LogP contribution is -2.29.